The number of aliphatic hydroxyl groups excluding tert-OH is 1. The second-order valence-corrected chi connectivity index (χ2v) is 15.1. The van der Waals surface area contributed by atoms with E-state index in [2.05, 4.69) is 28.7 Å². The molecule has 7 atom stereocenters. The van der Waals surface area contributed by atoms with Crippen LogP contribution in [0.4, 0.5) is 5.69 Å². The normalized spacial score (nSPS) is 34.0. The van der Waals surface area contributed by atoms with Crippen molar-refractivity contribution >= 4 is 34.2 Å². The Bertz CT molecular complexity index is 1320. The van der Waals surface area contributed by atoms with Crippen LogP contribution in [0.1, 0.15) is 80.3 Å². The Morgan fingerprint density at radius 3 is 2.76 bits per heavy atom. The van der Waals surface area contributed by atoms with Crippen molar-refractivity contribution in [3.05, 3.63) is 58.1 Å². The highest BCUT2D eigenvalue weighted by Gasteiger charge is 2.44. The lowest BCUT2D eigenvalue weighted by molar-refractivity contribution is 0.0569. The molecular formula is C33H43ClN2O4S. The molecule has 1 fully saturated rings. The van der Waals surface area contributed by atoms with Crippen molar-refractivity contribution in [3.63, 3.8) is 0 Å². The second-order valence-electron chi connectivity index (χ2n) is 13.1. The van der Waals surface area contributed by atoms with Gasteiger partial charge >= 0.3 is 0 Å². The van der Waals surface area contributed by atoms with Crippen LogP contribution in [0.5, 0.6) is 5.75 Å². The molecule has 2 aromatic carbocycles. The molecule has 2 aliphatic carbocycles. The Labute approximate surface area is 251 Å². The van der Waals surface area contributed by atoms with Gasteiger partial charge in [-0.3, -0.25) is 9.52 Å². The number of carbonyl (C=O) groups excluding carboxylic acids is 1. The molecule has 2 bridgehead atoms. The molecule has 0 aromatic heterocycles. The van der Waals surface area contributed by atoms with Crippen LogP contribution in [0.3, 0.4) is 0 Å². The van der Waals surface area contributed by atoms with Crippen molar-refractivity contribution in [2.75, 3.05) is 31.2 Å². The number of halogens is 1. The highest BCUT2D eigenvalue weighted by molar-refractivity contribution is 7.84. The number of benzene rings is 2. The van der Waals surface area contributed by atoms with Crippen molar-refractivity contribution in [3.8, 4) is 5.75 Å². The lowest BCUT2D eigenvalue weighted by Gasteiger charge is -2.46. The zero-order valence-electron chi connectivity index (χ0n) is 24.2. The lowest BCUT2D eigenvalue weighted by atomic mass is 9.65. The van der Waals surface area contributed by atoms with E-state index in [0.29, 0.717) is 24.0 Å². The Hall–Kier alpha value is -2.09. The van der Waals surface area contributed by atoms with Crippen molar-refractivity contribution in [2.24, 2.45) is 23.7 Å². The summed E-state index contributed by atoms with van der Waals surface area (Å²) in [5.41, 5.74) is 3.88. The number of rotatable bonds is 1. The van der Waals surface area contributed by atoms with Gasteiger partial charge in [0.25, 0.3) is 5.91 Å². The number of fused-ring (bicyclic) bond motifs is 4. The van der Waals surface area contributed by atoms with E-state index < -0.39 is 11.0 Å². The maximum absolute atomic E-state index is 13.3. The van der Waals surface area contributed by atoms with Gasteiger partial charge in [0.05, 0.1) is 17.5 Å². The molecule has 2 aliphatic heterocycles. The first-order valence-electron chi connectivity index (χ1n) is 15.4. The van der Waals surface area contributed by atoms with E-state index in [-0.39, 0.29) is 35.0 Å². The van der Waals surface area contributed by atoms with E-state index in [1.54, 1.807) is 6.07 Å². The van der Waals surface area contributed by atoms with Crippen LogP contribution in [0.25, 0.3) is 0 Å². The summed E-state index contributed by atoms with van der Waals surface area (Å²) >= 11 is 6.41. The van der Waals surface area contributed by atoms with Crippen molar-refractivity contribution in [1.29, 1.82) is 0 Å². The number of ether oxygens (including phenoxy) is 1. The van der Waals surface area contributed by atoms with Gasteiger partial charge in [0, 0.05) is 35.7 Å². The highest BCUT2D eigenvalue weighted by atomic mass is 35.5. The molecular weight excluding hydrogens is 556 g/mol. The number of aliphatic hydroxyl groups is 1. The van der Waals surface area contributed by atoms with Gasteiger partial charge in [-0.05, 0) is 117 Å². The van der Waals surface area contributed by atoms with E-state index in [1.807, 2.05) is 25.1 Å². The van der Waals surface area contributed by atoms with Gasteiger partial charge in [0.15, 0.2) is 0 Å². The summed E-state index contributed by atoms with van der Waals surface area (Å²) in [4.78, 5) is 15.8. The van der Waals surface area contributed by atoms with Crippen LogP contribution < -0.4 is 14.4 Å². The first-order chi connectivity index (χ1) is 19.8. The third kappa shape index (κ3) is 5.66. The average Bonchev–Trinajstić information content (AvgIpc) is 3.10. The molecule has 2 heterocycles. The van der Waals surface area contributed by atoms with E-state index in [9.17, 15) is 14.1 Å². The summed E-state index contributed by atoms with van der Waals surface area (Å²) < 4.78 is 22.5. The second kappa shape index (κ2) is 11.9. The topological polar surface area (TPSA) is 78.9 Å². The molecule has 4 aliphatic rings. The average molecular weight is 599 g/mol. The predicted molar refractivity (Wildman–Crippen MR) is 165 cm³/mol. The molecule has 6 unspecified atom stereocenters. The molecule has 41 heavy (non-hydrogen) atoms. The number of aryl methyl sites for hydroxylation is 1. The molecule has 222 valence electrons. The van der Waals surface area contributed by atoms with Crippen molar-refractivity contribution in [2.45, 2.75) is 75.9 Å². The van der Waals surface area contributed by atoms with Gasteiger partial charge in [-0.25, -0.2) is 4.21 Å². The van der Waals surface area contributed by atoms with Crippen LogP contribution in [-0.4, -0.2) is 46.8 Å². The molecule has 1 spiro atoms. The van der Waals surface area contributed by atoms with E-state index in [1.165, 1.54) is 11.1 Å². The van der Waals surface area contributed by atoms with Crippen LogP contribution in [-0.2, 0) is 22.8 Å². The summed E-state index contributed by atoms with van der Waals surface area (Å²) in [6.07, 6.45) is 8.34. The SMILES string of the molecule is CC1CCCC(CO)C2CCC2CN2C[C@@]3(CCCc4cc(Cl)ccc43)COc3ccc(cc32)C(=O)NS(=O)C1C. The van der Waals surface area contributed by atoms with Gasteiger partial charge < -0.3 is 14.7 Å². The van der Waals surface area contributed by atoms with Crippen LogP contribution in [0.2, 0.25) is 5.02 Å². The van der Waals surface area contributed by atoms with Crippen LogP contribution in [0.15, 0.2) is 36.4 Å². The standard InChI is InChI=1S/C33H43ClN2O4S/c1-21-5-3-6-26(18-37)28-11-8-25(28)17-36-19-33(14-4-7-23-15-27(34)10-12-29(23)33)20-40-31-13-9-24(16-30(31)36)32(38)35-41(39)22(21)2/h9-10,12-13,15-16,21-22,25-26,28,37H,3-8,11,14,17-20H2,1-2H3,(H,35,38)/t21?,22?,25?,26?,28?,33-,41?/m0/s1. The van der Waals surface area contributed by atoms with Crippen molar-refractivity contribution < 1.29 is 18.8 Å². The number of nitrogens with zero attached hydrogens (tertiary/aromatic N) is 1. The maximum atomic E-state index is 13.3. The molecule has 6 rings (SSSR count). The number of carbonyl (C=O) groups is 1. The van der Waals surface area contributed by atoms with Crippen molar-refractivity contribution in [1.82, 2.24) is 4.72 Å². The van der Waals surface area contributed by atoms with Gasteiger partial charge in [0.1, 0.15) is 16.7 Å². The van der Waals surface area contributed by atoms with E-state index in [0.717, 1.165) is 80.9 Å². The molecule has 0 radical (unpaired) electrons. The molecule has 6 nitrogen and oxygen atoms in total. The largest absolute Gasteiger partial charge is 0.490 e. The van der Waals surface area contributed by atoms with Gasteiger partial charge in [-0.2, -0.15) is 0 Å². The first kappa shape index (κ1) is 29.0. The Kier molecular flexibility index (Phi) is 8.41. The minimum absolute atomic E-state index is 0.156. The summed E-state index contributed by atoms with van der Waals surface area (Å²) in [5, 5.41) is 11.0. The van der Waals surface area contributed by atoms with Gasteiger partial charge in [-0.15, -0.1) is 0 Å². The summed E-state index contributed by atoms with van der Waals surface area (Å²) in [5.74, 6) is 1.95. The van der Waals surface area contributed by atoms with Gasteiger partial charge in [0.2, 0.25) is 0 Å². The zero-order chi connectivity index (χ0) is 28.7. The number of anilines is 1. The maximum Gasteiger partial charge on any atom is 0.263 e. The first-order valence-corrected chi connectivity index (χ1v) is 17.0. The Morgan fingerprint density at radius 1 is 1.12 bits per heavy atom. The fourth-order valence-corrected chi connectivity index (χ4v) is 9.05. The third-order valence-corrected chi connectivity index (χ3v) is 12.4. The van der Waals surface area contributed by atoms with Gasteiger partial charge in [-0.1, -0.05) is 31.0 Å². The number of hydrogen-bond acceptors (Lipinski definition) is 5. The smallest absolute Gasteiger partial charge is 0.263 e. The minimum atomic E-state index is -1.49. The highest BCUT2D eigenvalue weighted by Crippen LogP contribution is 2.47. The molecule has 2 aromatic rings. The fraction of sp³-hybridized carbons (Fsp3) is 0.606. The summed E-state index contributed by atoms with van der Waals surface area (Å²) in [6.45, 7) is 6.53. The number of nitrogens with one attached hydrogen (secondary N) is 1. The third-order valence-electron chi connectivity index (χ3n) is 10.6. The molecule has 1 amide bonds. The van der Waals surface area contributed by atoms with E-state index in [4.69, 9.17) is 16.3 Å². The number of hydrogen-bond donors (Lipinski definition) is 2. The predicted octanol–water partition coefficient (Wildman–Crippen LogP) is 6.05. The molecule has 0 saturated heterocycles. The number of amides is 1. The quantitative estimate of drug-likeness (QED) is 0.418. The lowest BCUT2D eigenvalue weighted by Crippen LogP contribution is -2.49. The van der Waals surface area contributed by atoms with E-state index >= 15 is 0 Å². The molecule has 1 saturated carbocycles. The fourth-order valence-electron chi connectivity index (χ4n) is 7.81. The Morgan fingerprint density at radius 2 is 1.98 bits per heavy atom. The zero-order valence-corrected chi connectivity index (χ0v) is 25.8. The Balaban J connectivity index is 1.40. The van der Waals surface area contributed by atoms with Crippen LogP contribution >= 0.6 is 11.6 Å². The minimum Gasteiger partial charge on any atom is -0.490 e. The van der Waals surface area contributed by atoms with Crippen LogP contribution in [0, 0.1) is 23.7 Å². The summed E-state index contributed by atoms with van der Waals surface area (Å²) in [6, 6.07) is 11.9. The molecule has 8 heteroatoms. The monoisotopic (exact) mass is 598 g/mol. The summed E-state index contributed by atoms with van der Waals surface area (Å²) in [7, 11) is -1.49. The molecule has 2 N–H and O–H groups in total.